The van der Waals surface area contributed by atoms with Gasteiger partial charge in [-0.15, -0.1) is 0 Å². The number of alkyl halides is 1. The topological polar surface area (TPSA) is 35.0 Å². The van der Waals surface area contributed by atoms with Crippen LogP contribution < -0.4 is 4.94 Å². The Morgan fingerprint density at radius 2 is 1.48 bits per heavy atom. The van der Waals surface area contributed by atoms with Crippen molar-refractivity contribution in [1.82, 2.24) is 9.97 Å². The molecule has 9 heteroatoms. The number of nitrogens with zero attached hydrogens (tertiary/aromatic N) is 2. The molecule has 0 saturated heterocycles. The summed E-state index contributed by atoms with van der Waals surface area (Å²) in [6.45, 7) is 1.07. The summed E-state index contributed by atoms with van der Waals surface area (Å²) < 4.78 is 73.3. The Labute approximate surface area is 150 Å². The summed E-state index contributed by atoms with van der Waals surface area (Å²) in [6.07, 6.45) is 3.31. The van der Waals surface area contributed by atoms with Crippen LogP contribution in [-0.4, -0.2) is 9.97 Å². The van der Waals surface area contributed by atoms with Gasteiger partial charge in [0.1, 0.15) is 12.5 Å². The van der Waals surface area contributed by atoms with Crippen molar-refractivity contribution in [2.24, 2.45) is 0 Å². The molecule has 0 aliphatic rings. The lowest BCUT2D eigenvalue weighted by Crippen LogP contribution is -1.92. The van der Waals surface area contributed by atoms with Crippen LogP contribution in [0.25, 0.3) is 11.4 Å². The van der Waals surface area contributed by atoms with Gasteiger partial charge in [0.2, 0.25) is 0 Å². The highest BCUT2D eigenvalue weighted by Gasteiger charge is 2.11. The van der Waals surface area contributed by atoms with E-state index in [-0.39, 0.29) is 5.56 Å². The van der Waals surface area contributed by atoms with Gasteiger partial charge in [0.05, 0.1) is 0 Å². The lowest BCUT2D eigenvalue weighted by molar-refractivity contribution is -0.00711. The summed E-state index contributed by atoms with van der Waals surface area (Å²) in [5.74, 6) is -5.46. The first-order valence-corrected chi connectivity index (χ1v) is 7.42. The van der Waals surface area contributed by atoms with E-state index in [9.17, 15) is 26.5 Å². The number of benzene rings is 2. The third-order valence-corrected chi connectivity index (χ3v) is 3.28. The van der Waals surface area contributed by atoms with Crippen LogP contribution in [0.15, 0.2) is 42.7 Å². The Balaban J connectivity index is 0.000000208. The van der Waals surface area contributed by atoms with Crippen molar-refractivity contribution in [3.05, 3.63) is 77.1 Å². The van der Waals surface area contributed by atoms with Gasteiger partial charge in [-0.2, -0.15) is 0 Å². The van der Waals surface area contributed by atoms with Crippen molar-refractivity contribution in [3.63, 3.8) is 0 Å². The molecule has 2 aromatic carbocycles. The molecule has 0 unspecified atom stereocenters. The minimum absolute atomic E-state index is 0.0517. The Bertz CT molecular complexity index is 895. The summed E-state index contributed by atoms with van der Waals surface area (Å²) >= 11 is 0. The van der Waals surface area contributed by atoms with Gasteiger partial charge in [0, 0.05) is 40.2 Å². The van der Waals surface area contributed by atoms with Gasteiger partial charge in [0.25, 0.3) is 0 Å². The normalized spacial score (nSPS) is 10.2. The number of halogens is 6. The van der Waals surface area contributed by atoms with Gasteiger partial charge in [-0.3, -0.25) is 4.94 Å². The van der Waals surface area contributed by atoms with Crippen LogP contribution in [-0.2, 0) is 6.67 Å². The van der Waals surface area contributed by atoms with E-state index in [1.54, 1.807) is 18.5 Å². The van der Waals surface area contributed by atoms with Crippen molar-refractivity contribution in [3.8, 4) is 17.1 Å². The van der Waals surface area contributed by atoms with Crippen molar-refractivity contribution in [1.29, 1.82) is 0 Å². The van der Waals surface area contributed by atoms with Crippen molar-refractivity contribution >= 4 is 0 Å². The van der Waals surface area contributed by atoms with E-state index < -0.39 is 35.7 Å². The molecule has 142 valence electrons. The molecule has 0 aliphatic carbocycles. The molecule has 0 saturated carbocycles. The summed E-state index contributed by atoms with van der Waals surface area (Å²) in [5.41, 5.74) is 1.54. The van der Waals surface area contributed by atoms with Crippen LogP contribution in [0.4, 0.5) is 26.5 Å². The SMILES string of the molecule is Cc1cnc(-c2ccc(CF)c(F)c2)nc1.FOc1cc(F)c(F)c(F)c1. The van der Waals surface area contributed by atoms with Crippen LogP contribution in [0.3, 0.4) is 0 Å². The molecule has 3 aromatic rings. The number of hydrogen-bond donors (Lipinski definition) is 0. The summed E-state index contributed by atoms with van der Waals surface area (Å²) in [7, 11) is 0. The maximum Gasteiger partial charge on any atom is 0.194 e. The minimum atomic E-state index is -1.65. The first-order valence-electron chi connectivity index (χ1n) is 7.42. The van der Waals surface area contributed by atoms with E-state index in [0.29, 0.717) is 23.5 Å². The second-order valence-electron chi connectivity index (χ2n) is 5.30. The smallest absolute Gasteiger partial charge is 0.194 e. The fourth-order valence-electron chi connectivity index (χ4n) is 1.91. The van der Waals surface area contributed by atoms with E-state index in [1.165, 1.54) is 12.1 Å². The monoisotopic (exact) mass is 386 g/mol. The largest absolute Gasteiger partial charge is 0.294 e. The maximum atomic E-state index is 13.3. The minimum Gasteiger partial charge on any atom is -0.294 e. The van der Waals surface area contributed by atoms with Crippen molar-refractivity contribution in [2.45, 2.75) is 13.6 Å². The third kappa shape index (κ3) is 5.19. The van der Waals surface area contributed by atoms with Crippen LogP contribution >= 0.6 is 0 Å². The third-order valence-electron chi connectivity index (χ3n) is 3.28. The number of rotatable bonds is 3. The fourth-order valence-corrected chi connectivity index (χ4v) is 1.91. The highest BCUT2D eigenvalue weighted by atomic mass is 19.3. The molecule has 0 N–H and O–H groups in total. The Morgan fingerprint density at radius 1 is 0.889 bits per heavy atom. The summed E-state index contributed by atoms with van der Waals surface area (Å²) in [4.78, 5) is 11.1. The second-order valence-corrected chi connectivity index (χ2v) is 5.30. The van der Waals surface area contributed by atoms with E-state index >= 15 is 0 Å². The lowest BCUT2D eigenvalue weighted by atomic mass is 10.1. The van der Waals surface area contributed by atoms with E-state index in [0.717, 1.165) is 5.56 Å². The fraction of sp³-hybridized carbons (Fsp3) is 0.111. The Hall–Kier alpha value is -3.10. The highest BCUT2D eigenvalue weighted by Crippen LogP contribution is 2.20. The summed E-state index contributed by atoms with van der Waals surface area (Å²) in [5, 5.41) is 0. The van der Waals surface area contributed by atoms with Gasteiger partial charge in [0.15, 0.2) is 29.0 Å². The lowest BCUT2D eigenvalue weighted by Gasteiger charge is -2.02. The molecule has 0 radical (unpaired) electrons. The molecule has 0 aliphatic heterocycles. The van der Waals surface area contributed by atoms with Crippen LogP contribution in [0.5, 0.6) is 5.75 Å². The number of aromatic nitrogens is 2. The van der Waals surface area contributed by atoms with Crippen molar-refractivity contribution in [2.75, 3.05) is 0 Å². The van der Waals surface area contributed by atoms with E-state index in [2.05, 4.69) is 14.9 Å². The van der Waals surface area contributed by atoms with Crippen LogP contribution in [0.2, 0.25) is 0 Å². The molecule has 3 nitrogen and oxygen atoms in total. The zero-order valence-electron chi connectivity index (χ0n) is 13.8. The number of hydrogen-bond acceptors (Lipinski definition) is 3. The Morgan fingerprint density at radius 3 is 1.96 bits per heavy atom. The van der Waals surface area contributed by atoms with Crippen molar-refractivity contribution < 1.29 is 31.4 Å². The zero-order valence-corrected chi connectivity index (χ0v) is 13.8. The summed E-state index contributed by atoms with van der Waals surface area (Å²) in [6, 6.07) is 5.08. The average Bonchev–Trinajstić information content (AvgIpc) is 2.66. The molecular formula is C18H12F6N2O. The predicted molar refractivity (Wildman–Crippen MR) is 85.0 cm³/mol. The van der Waals surface area contributed by atoms with Gasteiger partial charge in [-0.05, 0) is 18.6 Å². The molecular weight excluding hydrogens is 374 g/mol. The van der Waals surface area contributed by atoms with Gasteiger partial charge >= 0.3 is 0 Å². The second kappa shape index (κ2) is 9.02. The average molecular weight is 386 g/mol. The quantitative estimate of drug-likeness (QED) is 0.445. The molecule has 0 atom stereocenters. The maximum absolute atomic E-state index is 13.3. The highest BCUT2D eigenvalue weighted by molar-refractivity contribution is 5.55. The molecule has 0 amide bonds. The molecule has 0 bridgehead atoms. The first kappa shape index (κ1) is 20.2. The molecule has 0 spiro atoms. The molecule has 1 aromatic heterocycles. The molecule has 3 rings (SSSR count). The molecule has 0 fully saturated rings. The Kier molecular flexibility index (Phi) is 6.75. The number of aryl methyl sites for hydroxylation is 1. The van der Waals surface area contributed by atoms with E-state index in [4.69, 9.17) is 0 Å². The van der Waals surface area contributed by atoms with Gasteiger partial charge in [-0.25, -0.2) is 31.9 Å². The molecule has 27 heavy (non-hydrogen) atoms. The van der Waals surface area contributed by atoms with E-state index in [1.807, 2.05) is 6.92 Å². The van der Waals surface area contributed by atoms with Crippen LogP contribution in [0, 0.1) is 30.2 Å². The first-order chi connectivity index (χ1) is 12.8. The van der Waals surface area contributed by atoms with Gasteiger partial charge < -0.3 is 0 Å². The standard InChI is InChI=1S/C12H10F2N2.C6H2F4O/c1-8-6-15-12(16-7-8)9-2-3-10(5-13)11(14)4-9;7-4-1-3(11-10)2-5(8)6(4)9/h2-4,6-7H,5H2,1H3;1-2H. The zero-order chi connectivity index (χ0) is 20.0. The predicted octanol–water partition coefficient (Wildman–Crippen LogP) is 5.43. The van der Waals surface area contributed by atoms with Crippen LogP contribution in [0.1, 0.15) is 11.1 Å². The molecule has 1 heterocycles. The van der Waals surface area contributed by atoms with Gasteiger partial charge in [-0.1, -0.05) is 12.1 Å².